The van der Waals surface area contributed by atoms with Gasteiger partial charge in [0.25, 0.3) is 0 Å². The number of rotatable bonds is 6. The summed E-state index contributed by atoms with van der Waals surface area (Å²) >= 11 is 1.63. The van der Waals surface area contributed by atoms with Gasteiger partial charge in [-0.2, -0.15) is 0 Å². The third-order valence-electron chi connectivity index (χ3n) is 3.52. The van der Waals surface area contributed by atoms with Gasteiger partial charge in [-0.1, -0.05) is 30.7 Å². The first-order valence-corrected chi connectivity index (χ1v) is 8.19. The van der Waals surface area contributed by atoms with E-state index in [4.69, 9.17) is 0 Å². The smallest absolute Gasteiger partial charge is 0.131 e. The molecule has 1 unspecified atom stereocenters. The summed E-state index contributed by atoms with van der Waals surface area (Å²) in [5.41, 5.74) is 1.97. The van der Waals surface area contributed by atoms with Gasteiger partial charge >= 0.3 is 0 Å². The molecule has 2 aromatic rings. The monoisotopic (exact) mass is 303 g/mol. The topological polar surface area (TPSA) is 12.0 Å². The lowest BCUT2D eigenvalue weighted by Gasteiger charge is -2.13. The van der Waals surface area contributed by atoms with Gasteiger partial charge in [0, 0.05) is 21.4 Å². The second kappa shape index (κ2) is 7.53. The predicted molar refractivity (Wildman–Crippen MR) is 91.1 cm³/mol. The molecular weight excluding hydrogens is 281 g/mol. The molecule has 1 aromatic carbocycles. The number of nitrogens with one attached hydrogen (secondary N) is 1. The van der Waals surface area contributed by atoms with Crippen LogP contribution in [0.4, 0.5) is 4.39 Å². The van der Waals surface area contributed by atoms with E-state index in [9.17, 15) is 4.39 Å². The van der Waals surface area contributed by atoms with Crippen molar-refractivity contribution >= 4 is 17.4 Å². The van der Waals surface area contributed by atoms with Crippen LogP contribution in [-0.4, -0.2) is 12.6 Å². The van der Waals surface area contributed by atoms with E-state index < -0.39 is 0 Å². The molecule has 2 rings (SSSR count). The Morgan fingerprint density at radius 1 is 1.29 bits per heavy atom. The van der Waals surface area contributed by atoms with E-state index in [0.29, 0.717) is 11.6 Å². The average Bonchev–Trinajstić information content (AvgIpc) is 2.93. The lowest BCUT2D eigenvalue weighted by molar-refractivity contribution is 0.604. The summed E-state index contributed by atoms with van der Waals surface area (Å²) < 4.78 is 13.8. The third-order valence-corrected chi connectivity index (χ3v) is 4.59. The van der Waals surface area contributed by atoms with Crippen molar-refractivity contribution in [2.24, 2.45) is 0 Å². The molecule has 1 heterocycles. The van der Waals surface area contributed by atoms with Crippen LogP contribution >= 0.6 is 11.3 Å². The molecule has 112 valence electrons. The van der Waals surface area contributed by atoms with E-state index in [1.165, 1.54) is 11.6 Å². The Bertz CT molecular complexity index is 615. The Balaban J connectivity index is 2.15. The molecule has 1 N–H and O–H groups in total. The van der Waals surface area contributed by atoms with E-state index >= 15 is 0 Å². The van der Waals surface area contributed by atoms with E-state index in [2.05, 4.69) is 38.2 Å². The second-order valence-electron chi connectivity index (χ2n) is 5.25. The summed E-state index contributed by atoms with van der Waals surface area (Å²) in [6.07, 6.45) is 3.32. The minimum Gasteiger partial charge on any atom is -0.311 e. The molecule has 1 nitrogen and oxygen atoms in total. The van der Waals surface area contributed by atoms with Crippen LogP contribution in [0.25, 0.3) is 16.5 Å². The SMILES string of the molecule is CCCNC(C)/C(C)=C/c1ccc(-c2ccccc2F)s1. The maximum Gasteiger partial charge on any atom is 0.131 e. The van der Waals surface area contributed by atoms with Crippen molar-refractivity contribution < 1.29 is 4.39 Å². The number of hydrogen-bond acceptors (Lipinski definition) is 2. The highest BCUT2D eigenvalue weighted by molar-refractivity contribution is 7.16. The van der Waals surface area contributed by atoms with Crippen LogP contribution in [0.1, 0.15) is 32.1 Å². The summed E-state index contributed by atoms with van der Waals surface area (Å²) in [4.78, 5) is 2.14. The maximum absolute atomic E-state index is 13.8. The van der Waals surface area contributed by atoms with Crippen LogP contribution in [0.3, 0.4) is 0 Å². The van der Waals surface area contributed by atoms with Crippen molar-refractivity contribution in [1.29, 1.82) is 0 Å². The van der Waals surface area contributed by atoms with Crippen molar-refractivity contribution in [2.75, 3.05) is 6.54 Å². The molecule has 0 bridgehead atoms. The zero-order chi connectivity index (χ0) is 15.2. The van der Waals surface area contributed by atoms with Crippen molar-refractivity contribution in [1.82, 2.24) is 5.32 Å². The molecule has 0 saturated heterocycles. The Hall–Kier alpha value is -1.45. The first kappa shape index (κ1) is 15.9. The van der Waals surface area contributed by atoms with Gasteiger partial charge in [0.05, 0.1) is 0 Å². The van der Waals surface area contributed by atoms with E-state index in [0.717, 1.165) is 22.7 Å². The lowest BCUT2D eigenvalue weighted by atomic mass is 10.1. The van der Waals surface area contributed by atoms with Crippen LogP contribution < -0.4 is 5.32 Å². The predicted octanol–water partition coefficient (Wildman–Crippen LogP) is 5.35. The number of thiophene rings is 1. The fourth-order valence-electron chi connectivity index (χ4n) is 2.11. The van der Waals surface area contributed by atoms with Crippen LogP contribution in [0.2, 0.25) is 0 Å². The first-order valence-electron chi connectivity index (χ1n) is 7.38. The standard InChI is InChI=1S/C18H22FNS/c1-4-11-20-14(3)13(2)12-15-9-10-18(21-15)16-7-5-6-8-17(16)19/h5-10,12,14,20H,4,11H2,1-3H3/b13-12+. The zero-order valence-corrected chi connectivity index (χ0v) is 13.6. The molecule has 0 aliphatic heterocycles. The molecule has 0 spiro atoms. The molecule has 0 saturated carbocycles. The summed E-state index contributed by atoms with van der Waals surface area (Å²) in [7, 11) is 0. The van der Waals surface area contributed by atoms with E-state index in [-0.39, 0.29) is 5.82 Å². The third kappa shape index (κ3) is 4.26. The molecule has 0 aliphatic carbocycles. The maximum atomic E-state index is 13.8. The molecule has 21 heavy (non-hydrogen) atoms. The number of halogens is 1. The second-order valence-corrected chi connectivity index (χ2v) is 6.36. The molecular formula is C18H22FNS. The quantitative estimate of drug-likeness (QED) is 0.759. The molecule has 1 atom stereocenters. The van der Waals surface area contributed by atoms with Crippen LogP contribution in [-0.2, 0) is 0 Å². The van der Waals surface area contributed by atoms with Gasteiger partial charge in [-0.05, 0) is 51.1 Å². The summed E-state index contributed by atoms with van der Waals surface area (Å²) in [5.74, 6) is -0.162. The number of benzene rings is 1. The Kier molecular flexibility index (Phi) is 5.71. The van der Waals surface area contributed by atoms with Gasteiger partial charge in [-0.3, -0.25) is 0 Å². The van der Waals surface area contributed by atoms with Gasteiger partial charge in [-0.15, -0.1) is 11.3 Å². The van der Waals surface area contributed by atoms with Crippen molar-refractivity contribution in [2.45, 2.75) is 33.2 Å². The fourth-order valence-corrected chi connectivity index (χ4v) is 3.15. The van der Waals surface area contributed by atoms with Gasteiger partial charge in [0.1, 0.15) is 5.82 Å². The molecule has 0 amide bonds. The highest BCUT2D eigenvalue weighted by Crippen LogP contribution is 2.31. The highest BCUT2D eigenvalue weighted by Gasteiger charge is 2.08. The molecule has 3 heteroatoms. The highest BCUT2D eigenvalue weighted by atomic mass is 32.1. The van der Waals surface area contributed by atoms with E-state index in [1.54, 1.807) is 17.4 Å². The Labute approximate surface area is 130 Å². The zero-order valence-electron chi connectivity index (χ0n) is 12.8. The molecule has 0 aliphatic rings. The molecule has 0 radical (unpaired) electrons. The summed E-state index contributed by atoms with van der Waals surface area (Å²) in [5, 5.41) is 3.48. The fraction of sp³-hybridized carbons (Fsp3) is 0.333. The molecule has 1 aromatic heterocycles. The van der Waals surface area contributed by atoms with Gasteiger partial charge < -0.3 is 5.32 Å². The van der Waals surface area contributed by atoms with Gasteiger partial charge in [-0.25, -0.2) is 4.39 Å². The largest absolute Gasteiger partial charge is 0.311 e. The minimum atomic E-state index is -0.162. The summed E-state index contributed by atoms with van der Waals surface area (Å²) in [6.45, 7) is 7.50. The number of hydrogen-bond donors (Lipinski definition) is 1. The molecule has 0 fully saturated rings. The van der Waals surface area contributed by atoms with E-state index in [1.807, 2.05) is 18.2 Å². The van der Waals surface area contributed by atoms with Crippen LogP contribution in [0, 0.1) is 5.82 Å². The van der Waals surface area contributed by atoms with Crippen LogP contribution in [0.15, 0.2) is 42.0 Å². The minimum absolute atomic E-state index is 0.162. The van der Waals surface area contributed by atoms with Crippen molar-refractivity contribution in [3.05, 3.63) is 52.7 Å². The Morgan fingerprint density at radius 2 is 2.05 bits per heavy atom. The average molecular weight is 303 g/mol. The van der Waals surface area contributed by atoms with Gasteiger partial charge in [0.2, 0.25) is 0 Å². The van der Waals surface area contributed by atoms with Crippen LogP contribution in [0.5, 0.6) is 0 Å². The summed E-state index contributed by atoms with van der Waals surface area (Å²) in [6, 6.07) is 11.3. The van der Waals surface area contributed by atoms with Gasteiger partial charge in [0.15, 0.2) is 0 Å². The lowest BCUT2D eigenvalue weighted by Crippen LogP contribution is -2.27. The Morgan fingerprint density at radius 3 is 2.76 bits per heavy atom. The van der Waals surface area contributed by atoms with Crippen molar-refractivity contribution in [3.8, 4) is 10.4 Å². The normalized spacial score (nSPS) is 13.4. The first-order chi connectivity index (χ1) is 10.1. The van der Waals surface area contributed by atoms with Crippen molar-refractivity contribution in [3.63, 3.8) is 0 Å².